The molecule has 0 radical (unpaired) electrons. The van der Waals surface area contributed by atoms with Crippen molar-refractivity contribution in [3.05, 3.63) is 89.5 Å². The molecule has 3 N–H and O–H groups in total. The minimum atomic E-state index is -0.602. The van der Waals surface area contributed by atoms with Crippen LogP contribution in [0.25, 0.3) is 0 Å². The van der Waals surface area contributed by atoms with Crippen molar-refractivity contribution in [1.82, 2.24) is 5.32 Å². The molecule has 3 aromatic rings. The standard InChI is InChI=1S/C22H15N3O4S/c26-18-12-6-4-10-16(18)23-22(30)24-19(27)15-9-3-5-11-17(15)25-20(28)13-7-1-2-8-14(13)21(25)29/h1-12,26H,(H2,23,24,27,30). The van der Waals surface area contributed by atoms with Crippen LogP contribution in [0.2, 0.25) is 0 Å². The second-order valence-corrected chi connectivity index (χ2v) is 6.84. The molecule has 30 heavy (non-hydrogen) atoms. The number of hydrogen-bond donors (Lipinski definition) is 3. The molecule has 7 nitrogen and oxygen atoms in total. The Morgan fingerprint density at radius 3 is 2.07 bits per heavy atom. The zero-order valence-electron chi connectivity index (χ0n) is 15.5. The van der Waals surface area contributed by atoms with Crippen molar-refractivity contribution in [3.63, 3.8) is 0 Å². The van der Waals surface area contributed by atoms with E-state index >= 15 is 0 Å². The molecule has 1 heterocycles. The van der Waals surface area contributed by atoms with Gasteiger partial charge in [-0.15, -0.1) is 0 Å². The number of anilines is 2. The van der Waals surface area contributed by atoms with Crippen LogP contribution < -0.4 is 15.5 Å². The van der Waals surface area contributed by atoms with Gasteiger partial charge in [-0.1, -0.05) is 36.4 Å². The molecule has 0 saturated heterocycles. The third-order valence-corrected chi connectivity index (χ3v) is 4.77. The fourth-order valence-electron chi connectivity index (χ4n) is 3.17. The van der Waals surface area contributed by atoms with Crippen LogP contribution in [0.3, 0.4) is 0 Å². The van der Waals surface area contributed by atoms with Crippen LogP contribution >= 0.6 is 12.2 Å². The van der Waals surface area contributed by atoms with Crippen LogP contribution in [0.4, 0.5) is 11.4 Å². The fraction of sp³-hybridized carbons (Fsp3) is 0. The Morgan fingerprint density at radius 1 is 0.833 bits per heavy atom. The van der Waals surface area contributed by atoms with E-state index in [2.05, 4.69) is 10.6 Å². The zero-order valence-corrected chi connectivity index (χ0v) is 16.3. The molecule has 4 rings (SSSR count). The maximum atomic E-state index is 12.8. The number of para-hydroxylation sites is 3. The number of hydrogen-bond acceptors (Lipinski definition) is 5. The van der Waals surface area contributed by atoms with Crippen LogP contribution in [-0.4, -0.2) is 27.9 Å². The van der Waals surface area contributed by atoms with Gasteiger partial charge in [-0.25, -0.2) is 4.90 Å². The summed E-state index contributed by atoms with van der Waals surface area (Å²) >= 11 is 5.15. The Labute approximate surface area is 176 Å². The zero-order chi connectivity index (χ0) is 21.3. The first-order valence-electron chi connectivity index (χ1n) is 8.94. The van der Waals surface area contributed by atoms with Crippen molar-refractivity contribution in [2.24, 2.45) is 0 Å². The normalized spacial score (nSPS) is 12.5. The summed E-state index contributed by atoms with van der Waals surface area (Å²) in [5.74, 6) is -1.62. The predicted octanol–water partition coefficient (Wildman–Crippen LogP) is 3.32. The lowest BCUT2D eigenvalue weighted by Crippen LogP contribution is -2.36. The molecule has 3 aromatic carbocycles. The number of nitrogens with zero attached hydrogens (tertiary/aromatic N) is 1. The molecule has 8 heteroatoms. The van der Waals surface area contributed by atoms with Crippen LogP contribution in [0, 0.1) is 0 Å². The number of amides is 3. The van der Waals surface area contributed by atoms with E-state index in [-0.39, 0.29) is 33.2 Å². The smallest absolute Gasteiger partial charge is 0.266 e. The van der Waals surface area contributed by atoms with Crippen LogP contribution in [-0.2, 0) is 0 Å². The number of phenolic OH excluding ortho intramolecular Hbond substituents is 1. The molecule has 0 unspecified atom stereocenters. The monoisotopic (exact) mass is 417 g/mol. The van der Waals surface area contributed by atoms with Gasteiger partial charge in [-0.3, -0.25) is 19.7 Å². The lowest BCUT2D eigenvalue weighted by Gasteiger charge is -2.18. The van der Waals surface area contributed by atoms with Gasteiger partial charge in [0, 0.05) is 0 Å². The summed E-state index contributed by atoms with van der Waals surface area (Å²) in [7, 11) is 0. The van der Waals surface area contributed by atoms with Crippen molar-refractivity contribution < 1.29 is 19.5 Å². The summed E-state index contributed by atoms with van der Waals surface area (Å²) < 4.78 is 0. The van der Waals surface area contributed by atoms with Gasteiger partial charge in [-0.2, -0.15) is 0 Å². The number of fused-ring (bicyclic) bond motifs is 1. The van der Waals surface area contributed by atoms with Crippen LogP contribution in [0.5, 0.6) is 5.75 Å². The lowest BCUT2D eigenvalue weighted by molar-refractivity contribution is 0.0926. The van der Waals surface area contributed by atoms with E-state index in [1.807, 2.05) is 0 Å². The number of carbonyl (C=O) groups is 3. The van der Waals surface area contributed by atoms with Crippen LogP contribution in [0.15, 0.2) is 72.8 Å². The molecule has 0 fully saturated rings. The Kier molecular flexibility index (Phi) is 4.99. The number of thiocarbonyl (C=S) groups is 1. The van der Waals surface area contributed by atoms with E-state index in [9.17, 15) is 19.5 Å². The predicted molar refractivity (Wildman–Crippen MR) is 116 cm³/mol. The molecule has 0 spiro atoms. The van der Waals surface area contributed by atoms with Gasteiger partial charge in [0.25, 0.3) is 17.7 Å². The number of benzene rings is 3. The highest BCUT2D eigenvalue weighted by Crippen LogP contribution is 2.30. The highest BCUT2D eigenvalue weighted by molar-refractivity contribution is 7.80. The highest BCUT2D eigenvalue weighted by atomic mass is 32.1. The fourth-order valence-corrected chi connectivity index (χ4v) is 3.37. The molecular formula is C22H15N3O4S. The number of aromatic hydroxyl groups is 1. The Hall–Kier alpha value is -4.04. The van der Waals surface area contributed by atoms with Crippen molar-refractivity contribution >= 4 is 46.4 Å². The van der Waals surface area contributed by atoms with Crippen molar-refractivity contribution in [3.8, 4) is 5.75 Å². The van der Waals surface area contributed by atoms with E-state index in [1.165, 1.54) is 18.2 Å². The van der Waals surface area contributed by atoms with Crippen molar-refractivity contribution in [2.75, 3.05) is 10.2 Å². The second-order valence-electron chi connectivity index (χ2n) is 6.43. The van der Waals surface area contributed by atoms with E-state index in [1.54, 1.807) is 54.6 Å². The van der Waals surface area contributed by atoms with Gasteiger partial charge in [0.2, 0.25) is 0 Å². The average molecular weight is 417 g/mol. The van der Waals surface area contributed by atoms with Crippen LogP contribution in [0.1, 0.15) is 31.1 Å². The number of carbonyl (C=O) groups excluding carboxylic acids is 3. The SMILES string of the molecule is O=C(NC(=S)Nc1ccccc1O)c1ccccc1N1C(=O)c2ccccc2C1=O. The van der Waals surface area contributed by atoms with Gasteiger partial charge in [0.05, 0.1) is 28.1 Å². The summed E-state index contributed by atoms with van der Waals surface area (Å²) in [6.45, 7) is 0. The summed E-state index contributed by atoms with van der Waals surface area (Å²) in [4.78, 5) is 39.4. The maximum Gasteiger partial charge on any atom is 0.266 e. The summed E-state index contributed by atoms with van der Waals surface area (Å²) in [6, 6.07) is 19.2. The highest BCUT2D eigenvalue weighted by Gasteiger charge is 2.38. The second kappa shape index (κ2) is 7.76. The lowest BCUT2D eigenvalue weighted by atomic mass is 10.1. The Bertz CT molecular complexity index is 1170. The first kappa shape index (κ1) is 19.3. The summed E-state index contributed by atoms with van der Waals surface area (Å²) in [5, 5.41) is 15.0. The number of rotatable bonds is 3. The molecule has 0 aromatic heterocycles. The molecule has 148 valence electrons. The van der Waals surface area contributed by atoms with Gasteiger partial charge in [-0.05, 0) is 48.6 Å². The molecular weight excluding hydrogens is 402 g/mol. The average Bonchev–Trinajstić information content (AvgIpc) is 3.00. The topological polar surface area (TPSA) is 98.7 Å². The molecule has 0 atom stereocenters. The minimum absolute atomic E-state index is 0.0273. The quantitative estimate of drug-likeness (QED) is 0.344. The first-order valence-corrected chi connectivity index (χ1v) is 9.35. The number of imide groups is 1. The molecule has 1 aliphatic rings. The number of nitrogens with one attached hydrogen (secondary N) is 2. The first-order chi connectivity index (χ1) is 14.5. The van der Waals surface area contributed by atoms with Gasteiger partial charge >= 0.3 is 0 Å². The van der Waals surface area contributed by atoms with E-state index < -0.39 is 17.7 Å². The molecule has 3 amide bonds. The number of phenols is 1. The molecule has 0 aliphatic carbocycles. The third-order valence-electron chi connectivity index (χ3n) is 4.56. The molecule has 1 aliphatic heterocycles. The Balaban J connectivity index is 1.59. The van der Waals surface area contributed by atoms with Gasteiger partial charge in [0.15, 0.2) is 5.11 Å². The van der Waals surface area contributed by atoms with Gasteiger partial charge in [0.1, 0.15) is 5.75 Å². The summed E-state index contributed by atoms with van der Waals surface area (Å²) in [5.41, 5.74) is 1.17. The Morgan fingerprint density at radius 2 is 1.40 bits per heavy atom. The molecule has 0 bridgehead atoms. The summed E-state index contributed by atoms with van der Waals surface area (Å²) in [6.07, 6.45) is 0. The van der Waals surface area contributed by atoms with Gasteiger partial charge < -0.3 is 10.4 Å². The maximum absolute atomic E-state index is 12.8. The van der Waals surface area contributed by atoms with E-state index in [0.29, 0.717) is 5.69 Å². The van der Waals surface area contributed by atoms with E-state index in [0.717, 1.165) is 4.90 Å². The van der Waals surface area contributed by atoms with E-state index in [4.69, 9.17) is 12.2 Å². The largest absolute Gasteiger partial charge is 0.506 e. The molecule has 0 saturated carbocycles. The minimum Gasteiger partial charge on any atom is -0.506 e. The third kappa shape index (κ3) is 3.40. The van der Waals surface area contributed by atoms with Crippen molar-refractivity contribution in [2.45, 2.75) is 0 Å². The van der Waals surface area contributed by atoms with Crippen molar-refractivity contribution in [1.29, 1.82) is 0 Å².